The highest BCUT2D eigenvalue weighted by Crippen LogP contribution is 2.31. The van der Waals surface area contributed by atoms with Crippen LogP contribution in [0.1, 0.15) is 52.9 Å². The van der Waals surface area contributed by atoms with Crippen LogP contribution in [0, 0.1) is 5.92 Å². The summed E-state index contributed by atoms with van der Waals surface area (Å²) in [6.07, 6.45) is 10.5. The average molecular weight is 224 g/mol. The molecule has 2 atom stereocenters. The molecule has 0 spiro atoms. The third-order valence-corrected chi connectivity index (χ3v) is 4.50. The van der Waals surface area contributed by atoms with Crippen molar-refractivity contribution in [3.63, 3.8) is 0 Å². The van der Waals surface area contributed by atoms with Gasteiger partial charge in [0.05, 0.1) is 0 Å². The smallest absolute Gasteiger partial charge is 0.0107 e. The summed E-state index contributed by atoms with van der Waals surface area (Å²) < 4.78 is 0. The molecule has 1 heteroatoms. The lowest BCUT2D eigenvalue weighted by molar-refractivity contribution is 0.451. The molecule has 0 aliphatic carbocycles. The Morgan fingerprint density at radius 1 is 1.40 bits per heavy atom. The van der Waals surface area contributed by atoms with Crippen LogP contribution >= 0.6 is 8.58 Å². The van der Waals surface area contributed by atoms with Gasteiger partial charge in [0.2, 0.25) is 0 Å². The molecule has 2 unspecified atom stereocenters. The van der Waals surface area contributed by atoms with Crippen molar-refractivity contribution in [2.24, 2.45) is 5.92 Å². The molecule has 0 nitrogen and oxygen atoms in total. The Bertz CT molecular complexity index is 238. The van der Waals surface area contributed by atoms with Gasteiger partial charge in [0, 0.05) is 0 Å². The first-order valence-electron chi connectivity index (χ1n) is 6.35. The Morgan fingerprint density at radius 3 is 2.80 bits per heavy atom. The lowest BCUT2D eigenvalue weighted by atomic mass is 9.92. The predicted molar refractivity (Wildman–Crippen MR) is 72.9 cm³/mol. The summed E-state index contributed by atoms with van der Waals surface area (Å²) in [6.45, 7) is 6.90. The first-order valence-corrected chi connectivity index (χ1v) is 7.64. The second-order valence-electron chi connectivity index (χ2n) is 4.71. The van der Waals surface area contributed by atoms with Crippen LogP contribution in [-0.2, 0) is 0 Å². The van der Waals surface area contributed by atoms with E-state index in [1.165, 1.54) is 38.3 Å². The summed E-state index contributed by atoms with van der Waals surface area (Å²) in [5.74, 6) is 3.39. The van der Waals surface area contributed by atoms with E-state index >= 15 is 0 Å². The Labute approximate surface area is 97.0 Å². The third-order valence-electron chi connectivity index (χ3n) is 3.17. The zero-order valence-electron chi connectivity index (χ0n) is 10.5. The van der Waals surface area contributed by atoms with Gasteiger partial charge in [-0.3, -0.25) is 0 Å². The van der Waals surface area contributed by atoms with Crippen LogP contribution < -0.4 is 0 Å². The Balaban J connectivity index is 2.41. The highest BCUT2D eigenvalue weighted by Gasteiger charge is 2.09. The molecule has 0 saturated carbocycles. The Morgan fingerprint density at radius 2 is 2.20 bits per heavy atom. The average Bonchev–Trinajstić information content (AvgIpc) is 2.24. The summed E-state index contributed by atoms with van der Waals surface area (Å²) >= 11 is 0. The number of unbranched alkanes of at least 4 members (excludes halogenated alkanes) is 1. The van der Waals surface area contributed by atoms with Crippen molar-refractivity contribution in [3.05, 3.63) is 23.0 Å². The van der Waals surface area contributed by atoms with E-state index in [9.17, 15) is 0 Å². The molecule has 1 aliphatic heterocycles. The second-order valence-corrected chi connectivity index (χ2v) is 5.76. The lowest BCUT2D eigenvalue weighted by Crippen LogP contribution is -2.01. The van der Waals surface area contributed by atoms with Crippen molar-refractivity contribution in [2.45, 2.75) is 52.9 Å². The summed E-state index contributed by atoms with van der Waals surface area (Å²) in [4.78, 5) is 0. The Kier molecular flexibility index (Phi) is 6.25. The van der Waals surface area contributed by atoms with Crippen molar-refractivity contribution in [2.75, 3.05) is 6.16 Å². The van der Waals surface area contributed by atoms with Crippen LogP contribution in [0.3, 0.4) is 0 Å². The van der Waals surface area contributed by atoms with E-state index in [1.54, 1.807) is 11.1 Å². The maximum Gasteiger partial charge on any atom is -0.0107 e. The minimum atomic E-state index is 0.920. The number of hydrogen-bond acceptors (Lipinski definition) is 0. The van der Waals surface area contributed by atoms with E-state index in [4.69, 9.17) is 0 Å². The zero-order chi connectivity index (χ0) is 11.1. The maximum absolute atomic E-state index is 2.47. The summed E-state index contributed by atoms with van der Waals surface area (Å²) in [7, 11) is 1.04. The van der Waals surface area contributed by atoms with E-state index in [-0.39, 0.29) is 0 Å². The molecule has 0 radical (unpaired) electrons. The van der Waals surface area contributed by atoms with Crippen molar-refractivity contribution in [1.29, 1.82) is 0 Å². The topological polar surface area (TPSA) is 0 Å². The fraction of sp³-hybridized carbons (Fsp3) is 0.714. The third kappa shape index (κ3) is 4.98. The van der Waals surface area contributed by atoms with Gasteiger partial charge in [0.1, 0.15) is 0 Å². The first kappa shape index (κ1) is 13.0. The highest BCUT2D eigenvalue weighted by molar-refractivity contribution is 7.42. The highest BCUT2D eigenvalue weighted by atomic mass is 31.1. The molecule has 0 saturated heterocycles. The molecule has 0 N–H and O–H groups in total. The quantitative estimate of drug-likeness (QED) is 0.550. The SMILES string of the molecule is CCCCC(CC)CC1=CPCC(C)=C1. The molecular weight excluding hydrogens is 199 g/mol. The van der Waals surface area contributed by atoms with E-state index < -0.39 is 0 Å². The number of allylic oxidation sites excluding steroid dienone is 3. The van der Waals surface area contributed by atoms with Crippen LogP contribution in [-0.4, -0.2) is 6.16 Å². The lowest BCUT2D eigenvalue weighted by Gasteiger charge is -2.17. The monoisotopic (exact) mass is 224 g/mol. The molecular formula is C14H25P. The first-order chi connectivity index (χ1) is 7.26. The van der Waals surface area contributed by atoms with Crippen molar-refractivity contribution >= 4 is 8.58 Å². The van der Waals surface area contributed by atoms with Gasteiger partial charge in [-0.25, -0.2) is 0 Å². The molecule has 0 aromatic rings. The molecule has 1 rings (SSSR count). The standard InChI is InChI=1S/C14H25P/c1-4-6-7-13(5-2)9-14-8-12(3)10-15-11-14/h8,11,13,15H,4-7,9-10H2,1-3H3. The zero-order valence-corrected chi connectivity index (χ0v) is 11.5. The molecule has 0 amide bonds. The van der Waals surface area contributed by atoms with E-state index in [0.717, 1.165) is 14.5 Å². The molecule has 15 heavy (non-hydrogen) atoms. The summed E-state index contributed by atoms with van der Waals surface area (Å²) in [5, 5.41) is 0. The molecule has 0 bridgehead atoms. The van der Waals surface area contributed by atoms with Crippen LogP contribution in [0.2, 0.25) is 0 Å². The largest absolute Gasteiger partial charge is 0.0939 e. The van der Waals surface area contributed by atoms with E-state index in [0.29, 0.717) is 0 Å². The molecule has 1 aliphatic rings. The van der Waals surface area contributed by atoms with Crippen LogP contribution in [0.4, 0.5) is 0 Å². The Hall–Kier alpha value is -0.0900. The fourth-order valence-electron chi connectivity index (χ4n) is 2.15. The minimum Gasteiger partial charge on any atom is -0.0939 e. The molecule has 0 aromatic heterocycles. The summed E-state index contributed by atoms with van der Waals surface area (Å²) in [6, 6.07) is 0. The van der Waals surface area contributed by atoms with Gasteiger partial charge in [-0.15, -0.1) is 0 Å². The maximum atomic E-state index is 2.47. The molecule has 0 aromatic carbocycles. The van der Waals surface area contributed by atoms with Crippen LogP contribution in [0.25, 0.3) is 0 Å². The van der Waals surface area contributed by atoms with E-state index in [1.807, 2.05) is 0 Å². The van der Waals surface area contributed by atoms with E-state index in [2.05, 4.69) is 32.7 Å². The van der Waals surface area contributed by atoms with Gasteiger partial charge in [0.25, 0.3) is 0 Å². The van der Waals surface area contributed by atoms with Crippen molar-refractivity contribution < 1.29 is 0 Å². The number of rotatable bonds is 6. The molecule has 0 fully saturated rings. The summed E-state index contributed by atoms with van der Waals surface area (Å²) in [5.41, 5.74) is 3.19. The minimum absolute atomic E-state index is 0.920. The van der Waals surface area contributed by atoms with Gasteiger partial charge < -0.3 is 0 Å². The van der Waals surface area contributed by atoms with Gasteiger partial charge in [-0.05, 0) is 31.0 Å². The van der Waals surface area contributed by atoms with Crippen LogP contribution in [0.15, 0.2) is 23.0 Å². The van der Waals surface area contributed by atoms with Gasteiger partial charge >= 0.3 is 0 Å². The van der Waals surface area contributed by atoms with Crippen molar-refractivity contribution in [3.8, 4) is 0 Å². The van der Waals surface area contributed by atoms with Crippen molar-refractivity contribution in [1.82, 2.24) is 0 Å². The van der Waals surface area contributed by atoms with Crippen LogP contribution in [0.5, 0.6) is 0 Å². The predicted octanol–water partition coefficient (Wildman–Crippen LogP) is 5.12. The molecule has 86 valence electrons. The number of hydrogen-bond donors (Lipinski definition) is 0. The second kappa shape index (κ2) is 7.23. The van der Waals surface area contributed by atoms with Gasteiger partial charge in [0.15, 0.2) is 0 Å². The van der Waals surface area contributed by atoms with Gasteiger partial charge in [-0.2, -0.15) is 0 Å². The molecule has 1 heterocycles. The fourth-order valence-corrected chi connectivity index (χ4v) is 3.14. The normalized spacial score (nSPS) is 19.9. The van der Waals surface area contributed by atoms with Gasteiger partial charge in [-0.1, -0.05) is 65.6 Å².